The number of methoxy groups -OCH3 is 1. The van der Waals surface area contributed by atoms with Gasteiger partial charge in [-0.3, -0.25) is 4.79 Å². The molecule has 1 N–H and O–H groups in total. The number of hydrogen-bond donors (Lipinski definition) is 1. The number of nitrogens with one attached hydrogen (secondary N) is 1. The number of alkyl halides is 3. The smallest absolute Gasteiger partial charge is 0.416 e. The van der Waals surface area contributed by atoms with E-state index in [1.54, 1.807) is 35.2 Å². The summed E-state index contributed by atoms with van der Waals surface area (Å²) >= 11 is 0. The summed E-state index contributed by atoms with van der Waals surface area (Å²) < 4.78 is 58.5. The number of amides is 1. The number of anilines is 1. The zero-order chi connectivity index (χ0) is 25.9. The summed E-state index contributed by atoms with van der Waals surface area (Å²) in [5, 5.41) is 2.89. The quantitative estimate of drug-likeness (QED) is 0.326. The first-order valence-electron chi connectivity index (χ1n) is 11.4. The van der Waals surface area contributed by atoms with Crippen molar-refractivity contribution in [3.05, 3.63) is 101 Å². The van der Waals surface area contributed by atoms with E-state index >= 15 is 0 Å². The minimum Gasteiger partial charge on any atom is -0.465 e. The standard InChI is InChI=1S/C27H24F4N2O3/c1-36-26(35)19-7-4-6-18(16-19)23-10-5-15-33(23)25(34)24(32-22-9-3-2-8-21(22)28)17-11-13-20(14-12-17)27(29,30)31/h2-4,6-9,11-14,16,23-24,32H,5,10,15H2,1H3/t23-,24?/m0/s1. The summed E-state index contributed by atoms with van der Waals surface area (Å²) in [4.78, 5) is 27.4. The Hall–Kier alpha value is -3.88. The summed E-state index contributed by atoms with van der Waals surface area (Å²) in [5.74, 6) is -1.51. The lowest BCUT2D eigenvalue weighted by Crippen LogP contribution is -2.38. The van der Waals surface area contributed by atoms with Crippen LogP contribution in [0.2, 0.25) is 0 Å². The molecule has 0 radical (unpaired) electrons. The van der Waals surface area contributed by atoms with Crippen molar-refractivity contribution in [2.75, 3.05) is 19.0 Å². The van der Waals surface area contributed by atoms with Gasteiger partial charge >= 0.3 is 12.1 Å². The maximum atomic E-state index is 14.4. The van der Waals surface area contributed by atoms with Crippen LogP contribution in [0.5, 0.6) is 0 Å². The van der Waals surface area contributed by atoms with Gasteiger partial charge in [0.25, 0.3) is 0 Å². The number of halogens is 4. The third-order valence-corrected chi connectivity index (χ3v) is 6.22. The Balaban J connectivity index is 1.68. The molecule has 36 heavy (non-hydrogen) atoms. The van der Waals surface area contributed by atoms with E-state index in [0.717, 1.165) is 17.7 Å². The predicted molar refractivity (Wildman–Crippen MR) is 126 cm³/mol. The van der Waals surface area contributed by atoms with Gasteiger partial charge in [0.05, 0.1) is 30.0 Å². The molecule has 188 valence electrons. The second-order valence-corrected chi connectivity index (χ2v) is 8.48. The van der Waals surface area contributed by atoms with E-state index in [2.05, 4.69) is 5.32 Å². The van der Waals surface area contributed by atoms with Crippen LogP contribution in [-0.4, -0.2) is 30.4 Å². The zero-order valence-electron chi connectivity index (χ0n) is 19.4. The van der Waals surface area contributed by atoms with Gasteiger partial charge in [-0.2, -0.15) is 13.2 Å². The maximum Gasteiger partial charge on any atom is 0.416 e. The lowest BCUT2D eigenvalue weighted by atomic mass is 9.99. The van der Waals surface area contributed by atoms with Gasteiger partial charge in [0.2, 0.25) is 5.91 Å². The second kappa shape index (κ2) is 10.4. The molecule has 3 aromatic carbocycles. The van der Waals surface area contributed by atoms with E-state index in [1.807, 2.05) is 0 Å². The van der Waals surface area contributed by atoms with Crippen LogP contribution < -0.4 is 5.32 Å². The number of para-hydroxylation sites is 1. The number of carbonyl (C=O) groups excluding carboxylic acids is 2. The predicted octanol–water partition coefficient (Wildman–Crippen LogP) is 6.15. The van der Waals surface area contributed by atoms with Crippen molar-refractivity contribution in [2.24, 2.45) is 0 Å². The fourth-order valence-corrected chi connectivity index (χ4v) is 4.42. The molecule has 0 saturated carbocycles. The van der Waals surface area contributed by atoms with Crippen LogP contribution in [0.15, 0.2) is 72.8 Å². The number of ether oxygens (including phenoxy) is 1. The van der Waals surface area contributed by atoms with E-state index in [1.165, 1.54) is 37.4 Å². The van der Waals surface area contributed by atoms with Crippen LogP contribution in [0.1, 0.15) is 52.0 Å². The molecule has 1 aliphatic heterocycles. The molecule has 5 nitrogen and oxygen atoms in total. The van der Waals surface area contributed by atoms with Crippen molar-refractivity contribution in [2.45, 2.75) is 31.1 Å². The number of hydrogen-bond acceptors (Lipinski definition) is 4. The summed E-state index contributed by atoms with van der Waals surface area (Å²) in [6.45, 7) is 0.405. The number of rotatable bonds is 6. The topological polar surface area (TPSA) is 58.6 Å². The van der Waals surface area contributed by atoms with E-state index < -0.39 is 35.5 Å². The highest BCUT2D eigenvalue weighted by Crippen LogP contribution is 2.36. The number of benzene rings is 3. The van der Waals surface area contributed by atoms with Gasteiger partial charge < -0.3 is 15.0 Å². The summed E-state index contributed by atoms with van der Waals surface area (Å²) in [6.07, 6.45) is -3.20. The summed E-state index contributed by atoms with van der Waals surface area (Å²) in [6, 6.07) is 15.3. The van der Waals surface area contributed by atoms with Gasteiger partial charge in [-0.05, 0) is 60.4 Å². The Morgan fingerprint density at radius 1 is 1.03 bits per heavy atom. The van der Waals surface area contributed by atoms with Crippen molar-refractivity contribution >= 4 is 17.6 Å². The number of likely N-dealkylation sites (tertiary alicyclic amines) is 1. The number of nitrogens with zero attached hydrogens (tertiary/aromatic N) is 1. The van der Waals surface area contributed by atoms with Crippen molar-refractivity contribution in [3.8, 4) is 0 Å². The highest BCUT2D eigenvalue weighted by Gasteiger charge is 2.36. The van der Waals surface area contributed by atoms with Crippen LogP contribution in [-0.2, 0) is 15.7 Å². The van der Waals surface area contributed by atoms with Crippen molar-refractivity contribution in [1.82, 2.24) is 4.90 Å². The summed E-state index contributed by atoms with van der Waals surface area (Å²) in [7, 11) is 1.28. The largest absolute Gasteiger partial charge is 0.465 e. The molecule has 2 atom stereocenters. The van der Waals surface area contributed by atoms with Crippen LogP contribution in [0.4, 0.5) is 23.2 Å². The molecule has 0 aliphatic carbocycles. The van der Waals surface area contributed by atoms with Crippen molar-refractivity contribution in [1.29, 1.82) is 0 Å². The molecule has 3 aromatic rings. The highest BCUT2D eigenvalue weighted by molar-refractivity contribution is 5.90. The van der Waals surface area contributed by atoms with E-state index in [9.17, 15) is 27.2 Å². The third-order valence-electron chi connectivity index (χ3n) is 6.22. The molecular weight excluding hydrogens is 476 g/mol. The fourth-order valence-electron chi connectivity index (χ4n) is 4.42. The fraction of sp³-hybridized carbons (Fsp3) is 0.259. The normalized spacial score (nSPS) is 16.5. The second-order valence-electron chi connectivity index (χ2n) is 8.48. The van der Waals surface area contributed by atoms with E-state index in [4.69, 9.17) is 4.74 Å². The molecule has 1 heterocycles. The SMILES string of the molecule is COC(=O)c1cccc([C@@H]2CCCN2C(=O)C(Nc2ccccc2F)c2ccc(C(F)(F)F)cc2)c1. The number of carbonyl (C=O) groups is 2. The lowest BCUT2D eigenvalue weighted by molar-refractivity contribution is -0.137. The van der Waals surface area contributed by atoms with Crippen molar-refractivity contribution < 1.29 is 31.9 Å². The monoisotopic (exact) mass is 500 g/mol. The van der Waals surface area contributed by atoms with Gasteiger partial charge in [0.15, 0.2) is 0 Å². The molecule has 1 aliphatic rings. The van der Waals surface area contributed by atoms with Crippen molar-refractivity contribution in [3.63, 3.8) is 0 Å². The molecule has 0 aromatic heterocycles. The van der Waals surface area contributed by atoms with Crippen LogP contribution in [0.25, 0.3) is 0 Å². The summed E-state index contributed by atoms with van der Waals surface area (Å²) in [5.41, 5.74) is 0.560. The Morgan fingerprint density at radius 2 is 1.75 bits per heavy atom. The number of esters is 1. The highest BCUT2D eigenvalue weighted by atomic mass is 19.4. The van der Waals surface area contributed by atoms with E-state index in [0.29, 0.717) is 24.9 Å². The van der Waals surface area contributed by atoms with Crippen LogP contribution in [0.3, 0.4) is 0 Å². The minimum absolute atomic E-state index is 0.0548. The molecule has 9 heteroatoms. The van der Waals surface area contributed by atoms with Gasteiger partial charge in [-0.25, -0.2) is 9.18 Å². The average Bonchev–Trinajstić information content (AvgIpc) is 3.37. The first-order chi connectivity index (χ1) is 17.2. The Morgan fingerprint density at radius 3 is 2.42 bits per heavy atom. The minimum atomic E-state index is -4.53. The molecule has 1 saturated heterocycles. The third kappa shape index (κ3) is 5.35. The Kier molecular flexibility index (Phi) is 7.28. The van der Waals surface area contributed by atoms with Gasteiger partial charge in [0, 0.05) is 6.54 Å². The molecule has 0 spiro atoms. The Labute approximate surface area is 205 Å². The first kappa shape index (κ1) is 25.2. The Bertz CT molecular complexity index is 1240. The molecule has 1 amide bonds. The average molecular weight is 500 g/mol. The molecule has 4 rings (SSSR count). The van der Waals surface area contributed by atoms with Gasteiger partial charge in [0.1, 0.15) is 11.9 Å². The van der Waals surface area contributed by atoms with Gasteiger partial charge in [-0.1, -0.05) is 36.4 Å². The van der Waals surface area contributed by atoms with E-state index in [-0.39, 0.29) is 17.3 Å². The molecule has 1 unspecified atom stereocenters. The van der Waals surface area contributed by atoms with Crippen LogP contribution >= 0.6 is 0 Å². The zero-order valence-corrected chi connectivity index (χ0v) is 19.4. The molecular formula is C27H24F4N2O3. The van der Waals surface area contributed by atoms with Gasteiger partial charge in [-0.15, -0.1) is 0 Å². The lowest BCUT2D eigenvalue weighted by Gasteiger charge is -2.30. The maximum absolute atomic E-state index is 14.4. The molecule has 1 fully saturated rings. The first-order valence-corrected chi connectivity index (χ1v) is 11.4. The van der Waals surface area contributed by atoms with Crippen LogP contribution in [0, 0.1) is 5.82 Å². The molecule has 0 bridgehead atoms.